The molecule has 12 heteroatoms. The van der Waals surface area contributed by atoms with Gasteiger partial charge in [0.1, 0.15) is 24.4 Å². The molecular weight excluding hydrogens is 312 g/mol. The van der Waals surface area contributed by atoms with E-state index in [4.69, 9.17) is 30.6 Å². The minimum Gasteiger partial charge on any atom is -0.547 e. The van der Waals surface area contributed by atoms with Crippen molar-refractivity contribution in [2.75, 3.05) is 13.2 Å². The molecule has 20 heavy (non-hydrogen) atoms. The summed E-state index contributed by atoms with van der Waals surface area (Å²) in [7, 11) is 0. The second-order valence-corrected chi connectivity index (χ2v) is 3.03. The Morgan fingerprint density at radius 3 is 1.05 bits per heavy atom. The number of carboxylic acid groups (broad SMARTS) is 2. The monoisotopic (exact) mass is 328 g/mol. The van der Waals surface area contributed by atoms with Gasteiger partial charge in [-0.25, -0.2) is 0 Å². The van der Waals surface area contributed by atoms with Crippen molar-refractivity contribution >= 4 is 49.7 Å². The summed E-state index contributed by atoms with van der Waals surface area (Å²) in [5.41, 5.74) is 0. The maximum Gasteiger partial charge on any atom is 2.00 e. The van der Waals surface area contributed by atoms with E-state index in [0.717, 1.165) is 0 Å². The van der Waals surface area contributed by atoms with Crippen molar-refractivity contribution in [3.63, 3.8) is 0 Å². The number of rotatable bonds is 6. The van der Waals surface area contributed by atoms with Gasteiger partial charge >= 0.3 is 37.7 Å². The van der Waals surface area contributed by atoms with Crippen LogP contribution in [0.4, 0.5) is 0 Å². The summed E-state index contributed by atoms with van der Waals surface area (Å²) in [6.07, 6.45) is -7.32. The number of carbonyl (C=O) groups excluding carboxylic acids is 2. The first kappa shape index (κ1) is 28.1. The largest absolute Gasteiger partial charge is 2.00 e. The minimum absolute atomic E-state index is 0. The predicted molar refractivity (Wildman–Crippen MR) is 57.6 cm³/mol. The van der Waals surface area contributed by atoms with Crippen molar-refractivity contribution < 1.29 is 55.9 Å². The van der Waals surface area contributed by atoms with Crippen LogP contribution in [0.5, 0.6) is 0 Å². The molecule has 0 aliphatic carbocycles. The van der Waals surface area contributed by atoms with Crippen LogP contribution >= 0.6 is 0 Å². The van der Waals surface area contributed by atoms with Gasteiger partial charge in [-0.1, -0.05) is 0 Å². The van der Waals surface area contributed by atoms with Crippen LogP contribution in [0.25, 0.3) is 0 Å². The summed E-state index contributed by atoms with van der Waals surface area (Å²) in [5, 5.41) is 68.8. The molecule has 11 nitrogen and oxygen atoms in total. The zero-order valence-corrected chi connectivity index (χ0v) is 12.5. The van der Waals surface area contributed by atoms with Crippen LogP contribution in [-0.2, 0) is 9.59 Å². The number of carbonyl (C=O) groups is 2. The maximum absolute atomic E-state index is 9.67. The molecular formula is C8H16CaO11. The van der Waals surface area contributed by atoms with Crippen LogP contribution in [-0.4, -0.2) is 123 Å². The molecule has 0 amide bonds. The predicted octanol–water partition coefficient (Wildman–Crippen LogP) is -8.30. The molecule has 0 aromatic heterocycles. The molecule has 0 spiro atoms. The van der Waals surface area contributed by atoms with Crippen LogP contribution in [0.3, 0.4) is 0 Å². The second-order valence-electron chi connectivity index (χ2n) is 3.03. The molecule has 0 aliphatic heterocycles. The number of hydrogen-bond donors (Lipinski definition) is 6. The number of carboxylic acids is 2. The molecule has 0 aromatic carbocycles. The second kappa shape index (κ2) is 15.3. The van der Waals surface area contributed by atoms with Crippen molar-refractivity contribution in [3.8, 4) is 0 Å². The van der Waals surface area contributed by atoms with Crippen molar-refractivity contribution in [2.45, 2.75) is 24.4 Å². The Morgan fingerprint density at radius 1 is 0.800 bits per heavy atom. The minimum atomic E-state index is -2.00. The van der Waals surface area contributed by atoms with E-state index in [2.05, 4.69) is 0 Å². The SMILES string of the molecule is O.O=C([O-])[C@H](O)[C@@H](O)CO.O=C([O-])[C@H](O)[C@@H](O)CO.[Ca+2]. The van der Waals surface area contributed by atoms with Gasteiger partial charge < -0.3 is 55.9 Å². The van der Waals surface area contributed by atoms with Gasteiger partial charge in [-0.05, 0) is 0 Å². The summed E-state index contributed by atoms with van der Waals surface area (Å²) in [6.45, 7) is -1.59. The third-order valence-electron chi connectivity index (χ3n) is 1.59. The third-order valence-corrected chi connectivity index (χ3v) is 1.59. The number of aliphatic carboxylic acids is 2. The zero-order valence-electron chi connectivity index (χ0n) is 10.2. The van der Waals surface area contributed by atoms with Gasteiger partial charge in [-0.2, -0.15) is 0 Å². The third kappa shape index (κ3) is 12.9. The van der Waals surface area contributed by atoms with Crippen LogP contribution in [0.1, 0.15) is 0 Å². The summed E-state index contributed by atoms with van der Waals surface area (Å²) in [6, 6.07) is 0. The van der Waals surface area contributed by atoms with Gasteiger partial charge in [0, 0.05) is 0 Å². The molecule has 0 aromatic rings. The zero-order chi connectivity index (χ0) is 14.9. The molecule has 0 rings (SSSR count). The molecule has 0 saturated heterocycles. The van der Waals surface area contributed by atoms with E-state index >= 15 is 0 Å². The van der Waals surface area contributed by atoms with E-state index in [9.17, 15) is 19.8 Å². The fourth-order valence-corrected chi connectivity index (χ4v) is 0.514. The quantitative estimate of drug-likeness (QED) is 0.252. The normalized spacial score (nSPS) is 15.1. The van der Waals surface area contributed by atoms with Crippen LogP contribution in [0.2, 0.25) is 0 Å². The van der Waals surface area contributed by atoms with Gasteiger partial charge in [-0.3, -0.25) is 0 Å². The average Bonchev–Trinajstić information content (AvgIpc) is 2.35. The molecule has 0 unspecified atom stereocenters. The van der Waals surface area contributed by atoms with Gasteiger partial charge in [0.15, 0.2) is 0 Å². The van der Waals surface area contributed by atoms with E-state index in [1.54, 1.807) is 0 Å². The van der Waals surface area contributed by atoms with Crippen molar-refractivity contribution in [2.24, 2.45) is 0 Å². The first-order valence-electron chi connectivity index (χ1n) is 4.54. The van der Waals surface area contributed by atoms with Crippen molar-refractivity contribution in [1.82, 2.24) is 0 Å². The van der Waals surface area contributed by atoms with Gasteiger partial charge in [-0.15, -0.1) is 0 Å². The molecule has 0 aliphatic rings. The van der Waals surface area contributed by atoms with Crippen LogP contribution in [0, 0.1) is 0 Å². The Morgan fingerprint density at radius 2 is 1.00 bits per heavy atom. The first-order valence-corrected chi connectivity index (χ1v) is 4.54. The maximum atomic E-state index is 9.67. The molecule has 116 valence electrons. The van der Waals surface area contributed by atoms with Crippen LogP contribution in [0.15, 0.2) is 0 Å². The number of aliphatic hydroxyl groups is 6. The fourth-order valence-electron chi connectivity index (χ4n) is 0.514. The van der Waals surface area contributed by atoms with E-state index < -0.39 is 49.6 Å². The molecule has 8 N–H and O–H groups in total. The Bertz CT molecular complexity index is 235. The Balaban J connectivity index is -0.000000116. The smallest absolute Gasteiger partial charge is 0.547 e. The first-order chi connectivity index (χ1) is 8.18. The fraction of sp³-hybridized carbons (Fsp3) is 0.750. The Hall–Kier alpha value is -0.0803. The van der Waals surface area contributed by atoms with E-state index in [1.807, 2.05) is 0 Å². The summed E-state index contributed by atoms with van der Waals surface area (Å²) in [4.78, 5) is 19.3. The summed E-state index contributed by atoms with van der Waals surface area (Å²) in [5.74, 6) is -3.59. The molecule has 0 fully saturated rings. The molecule has 0 heterocycles. The standard InChI is InChI=1S/2C4H8O5.Ca.H2O/c2*5-1-2(6)3(7)4(8)9;;/h2*2-3,5-7H,1H2,(H,8,9);;1H2/q;;+2;/p-2/t2*2-,3+;;/m00../s1. The molecule has 0 radical (unpaired) electrons. The van der Waals surface area contributed by atoms with Gasteiger partial charge in [0.2, 0.25) is 0 Å². The van der Waals surface area contributed by atoms with E-state index in [1.165, 1.54) is 0 Å². The molecule has 0 saturated carbocycles. The van der Waals surface area contributed by atoms with Gasteiger partial charge in [0.25, 0.3) is 0 Å². The van der Waals surface area contributed by atoms with Crippen molar-refractivity contribution in [3.05, 3.63) is 0 Å². The summed E-state index contributed by atoms with van der Waals surface area (Å²) < 4.78 is 0. The molecule has 0 bridgehead atoms. The summed E-state index contributed by atoms with van der Waals surface area (Å²) >= 11 is 0. The average molecular weight is 328 g/mol. The Kier molecular flexibility index (Phi) is 21.5. The van der Waals surface area contributed by atoms with E-state index in [-0.39, 0.29) is 43.2 Å². The van der Waals surface area contributed by atoms with Crippen LogP contribution < -0.4 is 10.2 Å². The number of hydrogen-bond acceptors (Lipinski definition) is 10. The topological polar surface area (TPSA) is 233 Å². The Labute approximate surface area is 143 Å². The number of aliphatic hydroxyl groups excluding tert-OH is 6. The van der Waals surface area contributed by atoms with Crippen molar-refractivity contribution in [1.29, 1.82) is 0 Å². The van der Waals surface area contributed by atoms with E-state index in [0.29, 0.717) is 0 Å². The molecule has 4 atom stereocenters. The van der Waals surface area contributed by atoms with Gasteiger partial charge in [0.05, 0.1) is 25.2 Å².